The van der Waals surface area contributed by atoms with Gasteiger partial charge >= 0.3 is 0 Å². The first-order valence-electron chi connectivity index (χ1n) is 12.8. The maximum Gasteiger partial charge on any atom is 0.234 e. The zero-order valence-electron chi connectivity index (χ0n) is 19.8. The number of rotatable bonds is 9. The zero-order chi connectivity index (χ0) is 21.8. The van der Waals surface area contributed by atoms with E-state index in [0.29, 0.717) is 42.4 Å². The number of fused-ring (bicyclic) bond motifs is 2. The van der Waals surface area contributed by atoms with Crippen molar-refractivity contribution in [1.29, 1.82) is 0 Å². The SMILES string of the molecule is COCC(C)(C)NC(=O)CN1[C@@H]2CC[C@H]1CC(CC(=O)CC13CC4CC(CC1C4)C3)C2. The van der Waals surface area contributed by atoms with Crippen molar-refractivity contribution in [3.05, 3.63) is 0 Å². The molecule has 1 amide bonds. The Hall–Kier alpha value is -0.940. The average molecular weight is 431 g/mol. The van der Waals surface area contributed by atoms with Gasteiger partial charge in [-0.2, -0.15) is 0 Å². The predicted molar refractivity (Wildman–Crippen MR) is 121 cm³/mol. The number of nitrogens with zero attached hydrogens (tertiary/aromatic N) is 1. The highest BCUT2D eigenvalue weighted by atomic mass is 16.5. The number of piperidine rings is 1. The van der Waals surface area contributed by atoms with Crippen LogP contribution in [0, 0.1) is 29.1 Å². The molecule has 6 aliphatic rings. The Kier molecular flexibility index (Phi) is 5.74. The molecule has 0 radical (unpaired) electrons. The van der Waals surface area contributed by atoms with Crippen molar-refractivity contribution < 1.29 is 14.3 Å². The molecule has 6 fully saturated rings. The molecule has 5 atom stereocenters. The summed E-state index contributed by atoms with van der Waals surface area (Å²) in [7, 11) is 1.67. The van der Waals surface area contributed by atoms with Crippen molar-refractivity contribution >= 4 is 11.7 Å². The number of methoxy groups -OCH3 is 1. The van der Waals surface area contributed by atoms with E-state index in [2.05, 4.69) is 10.2 Å². The van der Waals surface area contributed by atoms with Crippen LogP contribution in [0.3, 0.4) is 0 Å². The largest absolute Gasteiger partial charge is 0.382 e. The molecular weight excluding hydrogens is 388 g/mol. The average Bonchev–Trinajstić information content (AvgIpc) is 3.13. The summed E-state index contributed by atoms with van der Waals surface area (Å²) in [5.74, 6) is 3.90. The van der Waals surface area contributed by atoms with Crippen LogP contribution >= 0.6 is 0 Å². The molecule has 5 heteroatoms. The fourth-order valence-electron chi connectivity index (χ4n) is 8.83. The third-order valence-electron chi connectivity index (χ3n) is 9.52. The number of nitrogens with one attached hydrogen (secondary N) is 1. The van der Waals surface area contributed by atoms with Crippen LogP contribution in [0.15, 0.2) is 0 Å². The Morgan fingerprint density at radius 2 is 1.68 bits per heavy atom. The molecule has 6 bridgehead atoms. The quantitative estimate of drug-likeness (QED) is 0.602. The minimum absolute atomic E-state index is 0.0969. The molecule has 0 aromatic rings. The lowest BCUT2D eigenvalue weighted by atomic mass is 9.71. The van der Waals surface area contributed by atoms with Crippen molar-refractivity contribution in [2.45, 2.75) is 102 Å². The Bertz CT molecular complexity index is 691. The third kappa shape index (κ3) is 4.34. The summed E-state index contributed by atoms with van der Waals surface area (Å²) in [4.78, 5) is 28.2. The number of amides is 1. The fourth-order valence-corrected chi connectivity index (χ4v) is 8.83. The van der Waals surface area contributed by atoms with E-state index in [1.807, 2.05) is 13.8 Å². The highest BCUT2D eigenvalue weighted by Crippen LogP contribution is 2.66. The number of carbonyl (C=O) groups is 2. The third-order valence-corrected chi connectivity index (χ3v) is 9.52. The molecule has 1 N–H and O–H groups in total. The second-order valence-electron chi connectivity index (χ2n) is 12.6. The summed E-state index contributed by atoms with van der Waals surface area (Å²) in [6.07, 6.45) is 13.2. The van der Waals surface area contributed by atoms with Crippen LogP contribution in [-0.4, -0.2) is 54.5 Å². The molecule has 2 heterocycles. The second kappa shape index (κ2) is 8.13. The van der Waals surface area contributed by atoms with Crippen molar-refractivity contribution in [3.63, 3.8) is 0 Å². The Morgan fingerprint density at radius 1 is 1.03 bits per heavy atom. The van der Waals surface area contributed by atoms with Gasteiger partial charge in [-0.15, -0.1) is 0 Å². The maximum atomic E-state index is 13.1. The lowest BCUT2D eigenvalue weighted by Crippen LogP contribution is -2.53. The molecule has 4 saturated carbocycles. The Labute approximate surface area is 188 Å². The first-order valence-corrected chi connectivity index (χ1v) is 12.8. The molecule has 5 nitrogen and oxygen atoms in total. The number of hydrogen-bond donors (Lipinski definition) is 1. The van der Waals surface area contributed by atoms with Crippen LogP contribution in [0.25, 0.3) is 0 Å². The summed E-state index contributed by atoms with van der Waals surface area (Å²) in [5.41, 5.74) is 0.0609. The lowest BCUT2D eigenvalue weighted by molar-refractivity contribution is -0.127. The number of Topliss-reactive ketones (excluding diaryl/α,β-unsaturated/α-hetero) is 1. The predicted octanol–water partition coefficient (Wildman–Crippen LogP) is 3.95. The molecule has 31 heavy (non-hydrogen) atoms. The van der Waals surface area contributed by atoms with Gasteiger partial charge in [0.15, 0.2) is 0 Å². The first-order chi connectivity index (χ1) is 14.7. The molecular formula is C26H42N2O3. The van der Waals surface area contributed by atoms with Crippen molar-refractivity contribution in [3.8, 4) is 0 Å². The van der Waals surface area contributed by atoms with Gasteiger partial charge in [-0.25, -0.2) is 0 Å². The van der Waals surface area contributed by atoms with Crippen LogP contribution in [-0.2, 0) is 14.3 Å². The summed E-state index contributed by atoms with van der Waals surface area (Å²) >= 11 is 0. The molecule has 6 rings (SSSR count). The number of hydrogen-bond acceptors (Lipinski definition) is 4. The minimum Gasteiger partial charge on any atom is -0.382 e. The number of carbonyl (C=O) groups excluding carboxylic acids is 2. The summed E-state index contributed by atoms with van der Waals surface area (Å²) in [5, 5.41) is 3.13. The summed E-state index contributed by atoms with van der Waals surface area (Å²) in [6.45, 7) is 5.00. The van der Waals surface area contributed by atoms with Gasteiger partial charge in [0.2, 0.25) is 5.91 Å². The van der Waals surface area contributed by atoms with Gasteiger partial charge in [0.25, 0.3) is 0 Å². The molecule has 2 saturated heterocycles. The van der Waals surface area contributed by atoms with E-state index >= 15 is 0 Å². The van der Waals surface area contributed by atoms with Crippen molar-refractivity contribution in [1.82, 2.24) is 10.2 Å². The first kappa shape index (κ1) is 21.9. The van der Waals surface area contributed by atoms with E-state index in [1.54, 1.807) is 7.11 Å². The van der Waals surface area contributed by atoms with Gasteiger partial charge in [0.1, 0.15) is 5.78 Å². The van der Waals surface area contributed by atoms with E-state index in [9.17, 15) is 9.59 Å². The van der Waals surface area contributed by atoms with E-state index in [0.717, 1.165) is 43.4 Å². The zero-order valence-corrected chi connectivity index (χ0v) is 19.8. The monoisotopic (exact) mass is 430 g/mol. The van der Waals surface area contributed by atoms with E-state index < -0.39 is 0 Å². The molecule has 4 aliphatic carbocycles. The molecule has 174 valence electrons. The van der Waals surface area contributed by atoms with Crippen molar-refractivity contribution in [2.24, 2.45) is 29.1 Å². The van der Waals surface area contributed by atoms with E-state index in [1.165, 1.54) is 44.9 Å². The normalized spacial score (nSPS) is 41.1. The van der Waals surface area contributed by atoms with Crippen LogP contribution in [0.2, 0.25) is 0 Å². The minimum atomic E-state index is -0.339. The molecule has 0 spiro atoms. The van der Waals surface area contributed by atoms with Crippen LogP contribution in [0.4, 0.5) is 0 Å². The number of ketones is 1. The Morgan fingerprint density at radius 3 is 2.29 bits per heavy atom. The molecule has 2 aliphatic heterocycles. The van der Waals surface area contributed by atoms with Gasteiger partial charge < -0.3 is 10.1 Å². The van der Waals surface area contributed by atoms with Crippen LogP contribution in [0.5, 0.6) is 0 Å². The highest BCUT2D eigenvalue weighted by Gasteiger charge is 2.58. The van der Waals surface area contributed by atoms with Gasteiger partial charge in [-0.05, 0) is 101 Å². The van der Waals surface area contributed by atoms with Crippen LogP contribution < -0.4 is 5.32 Å². The van der Waals surface area contributed by atoms with Crippen LogP contribution in [0.1, 0.15) is 84.5 Å². The summed E-state index contributed by atoms with van der Waals surface area (Å²) < 4.78 is 5.22. The molecule has 0 aromatic heterocycles. The highest BCUT2D eigenvalue weighted by molar-refractivity contribution is 5.80. The maximum absolute atomic E-state index is 13.1. The fraction of sp³-hybridized carbons (Fsp3) is 0.923. The standard InChI is InChI=1S/C26H42N2O3/c1-25(2,16-31-3)27-24(30)15-28-21-4-5-22(28)10-17(9-21)11-23(29)14-26-12-18-6-19(13-26)8-20(26)7-18/h17-22H,4-16H2,1-3H3,(H,27,30)/t17?,18?,19?,20?,21-,22+,26?. The molecule has 3 unspecified atom stereocenters. The van der Waals surface area contributed by atoms with Gasteiger partial charge in [0.05, 0.1) is 18.7 Å². The topological polar surface area (TPSA) is 58.6 Å². The van der Waals surface area contributed by atoms with Gasteiger partial charge in [0, 0.05) is 32.0 Å². The Balaban J connectivity index is 1.12. The smallest absolute Gasteiger partial charge is 0.234 e. The van der Waals surface area contributed by atoms with Gasteiger partial charge in [-0.3, -0.25) is 14.5 Å². The lowest BCUT2D eigenvalue weighted by Gasteiger charge is -2.39. The number of ether oxygens (including phenoxy) is 1. The van der Waals surface area contributed by atoms with E-state index in [4.69, 9.17) is 4.74 Å². The van der Waals surface area contributed by atoms with Gasteiger partial charge in [-0.1, -0.05) is 0 Å². The molecule has 0 aromatic carbocycles. The summed E-state index contributed by atoms with van der Waals surface area (Å²) in [6, 6.07) is 0.953. The van der Waals surface area contributed by atoms with E-state index in [-0.39, 0.29) is 11.4 Å². The van der Waals surface area contributed by atoms with Crippen molar-refractivity contribution in [2.75, 3.05) is 20.3 Å². The second-order valence-corrected chi connectivity index (χ2v) is 12.6.